The molecular weight excluding hydrogens is 312 g/mol. The SMILES string of the molecule is C=CC[C@]1(O)CC[C@H]2[C@@H]3CCC4=CC(=S)C=C[C@]4(C)[C@H]3CC[C@@]21C. The zero-order valence-electron chi connectivity index (χ0n) is 15.1. The first-order chi connectivity index (χ1) is 11.3. The molecule has 1 nitrogen and oxygen atoms in total. The fourth-order valence-corrected chi connectivity index (χ4v) is 7.09. The van der Waals surface area contributed by atoms with E-state index in [1.807, 2.05) is 6.08 Å². The van der Waals surface area contributed by atoms with Gasteiger partial charge in [-0.15, -0.1) is 6.58 Å². The predicted octanol–water partition coefficient (Wildman–Crippen LogP) is 5.40. The van der Waals surface area contributed by atoms with Gasteiger partial charge >= 0.3 is 0 Å². The van der Waals surface area contributed by atoms with Crippen molar-refractivity contribution in [1.29, 1.82) is 0 Å². The Labute approximate surface area is 151 Å². The van der Waals surface area contributed by atoms with Crippen LogP contribution in [0, 0.1) is 28.6 Å². The first kappa shape index (κ1) is 16.7. The third-order valence-corrected chi connectivity index (χ3v) is 8.61. The molecule has 0 aliphatic heterocycles. The summed E-state index contributed by atoms with van der Waals surface area (Å²) in [6.07, 6.45) is 16.4. The van der Waals surface area contributed by atoms with Crippen molar-refractivity contribution in [2.75, 3.05) is 0 Å². The van der Waals surface area contributed by atoms with Gasteiger partial charge < -0.3 is 5.11 Å². The lowest BCUT2D eigenvalue weighted by molar-refractivity contribution is -0.119. The molecule has 1 N–H and O–H groups in total. The minimum Gasteiger partial charge on any atom is -0.389 e. The maximum Gasteiger partial charge on any atom is 0.0738 e. The lowest BCUT2D eigenvalue weighted by Crippen LogP contribution is -2.54. The second-order valence-electron chi connectivity index (χ2n) is 9.12. The molecule has 4 aliphatic rings. The van der Waals surface area contributed by atoms with Crippen LogP contribution in [0.5, 0.6) is 0 Å². The van der Waals surface area contributed by atoms with E-state index < -0.39 is 5.60 Å². The molecule has 0 saturated heterocycles. The molecule has 130 valence electrons. The van der Waals surface area contributed by atoms with Gasteiger partial charge in [-0.3, -0.25) is 0 Å². The van der Waals surface area contributed by atoms with Crippen LogP contribution < -0.4 is 0 Å². The molecule has 0 amide bonds. The van der Waals surface area contributed by atoms with Crippen molar-refractivity contribution in [2.45, 2.75) is 64.4 Å². The van der Waals surface area contributed by atoms with E-state index in [0.29, 0.717) is 11.8 Å². The number of fused-ring (bicyclic) bond motifs is 5. The smallest absolute Gasteiger partial charge is 0.0738 e. The average molecular weight is 343 g/mol. The molecule has 4 rings (SSSR count). The summed E-state index contributed by atoms with van der Waals surface area (Å²) in [6.45, 7) is 8.70. The Morgan fingerprint density at radius 1 is 1.25 bits per heavy atom. The molecule has 6 atom stereocenters. The average Bonchev–Trinajstić information content (AvgIpc) is 2.80. The molecule has 0 radical (unpaired) electrons. The minimum absolute atomic E-state index is 0.0631. The van der Waals surface area contributed by atoms with Crippen molar-refractivity contribution < 1.29 is 5.11 Å². The quantitative estimate of drug-likeness (QED) is 0.535. The summed E-state index contributed by atoms with van der Waals surface area (Å²) in [7, 11) is 0. The van der Waals surface area contributed by atoms with Gasteiger partial charge in [0.2, 0.25) is 0 Å². The van der Waals surface area contributed by atoms with Crippen molar-refractivity contribution in [1.82, 2.24) is 0 Å². The maximum absolute atomic E-state index is 11.4. The van der Waals surface area contributed by atoms with Crippen molar-refractivity contribution in [3.63, 3.8) is 0 Å². The Bertz CT molecular complexity index is 646. The zero-order valence-corrected chi connectivity index (χ0v) is 15.9. The summed E-state index contributed by atoms with van der Waals surface area (Å²) in [5.74, 6) is 2.10. The van der Waals surface area contributed by atoms with Gasteiger partial charge in [0.05, 0.1) is 5.60 Å². The minimum atomic E-state index is -0.536. The summed E-state index contributed by atoms with van der Waals surface area (Å²) in [6, 6.07) is 0. The Kier molecular flexibility index (Phi) is 3.75. The summed E-state index contributed by atoms with van der Waals surface area (Å²) >= 11 is 5.42. The molecule has 0 spiro atoms. The largest absolute Gasteiger partial charge is 0.389 e. The molecule has 4 aliphatic carbocycles. The Balaban J connectivity index is 1.68. The summed E-state index contributed by atoms with van der Waals surface area (Å²) < 4.78 is 0. The van der Waals surface area contributed by atoms with Crippen molar-refractivity contribution in [3.05, 3.63) is 36.5 Å². The third-order valence-electron chi connectivity index (χ3n) is 8.36. The number of allylic oxidation sites excluding steroid dienone is 4. The molecule has 0 aromatic rings. The standard InChI is InChI=1S/C22H30OS/c1-4-10-22(23)13-9-19-17-6-5-15-14-16(24)7-11-20(15,2)18(17)8-12-21(19,22)3/h4,7,11,14,17-19,23H,1,5-6,8-10,12-13H2,2-3H3/t17-,18+,19+,20+,21+,22+/m1/s1. The van der Waals surface area contributed by atoms with Crippen LogP contribution in [0.15, 0.2) is 36.5 Å². The van der Waals surface area contributed by atoms with Crippen LogP contribution in [0.4, 0.5) is 0 Å². The summed E-state index contributed by atoms with van der Waals surface area (Å²) in [5.41, 5.74) is 1.27. The van der Waals surface area contributed by atoms with Gasteiger partial charge in [0, 0.05) is 10.3 Å². The highest BCUT2D eigenvalue weighted by atomic mass is 32.1. The van der Waals surface area contributed by atoms with Crippen molar-refractivity contribution in [3.8, 4) is 0 Å². The fourth-order valence-electron chi connectivity index (χ4n) is 6.88. The van der Waals surface area contributed by atoms with E-state index in [1.165, 1.54) is 25.7 Å². The molecular formula is C22H30OS. The van der Waals surface area contributed by atoms with Crippen LogP contribution in [-0.4, -0.2) is 15.6 Å². The van der Waals surface area contributed by atoms with Gasteiger partial charge in [0.1, 0.15) is 0 Å². The molecule has 0 aromatic carbocycles. The summed E-state index contributed by atoms with van der Waals surface area (Å²) in [5, 5.41) is 11.4. The zero-order chi connectivity index (χ0) is 17.2. The van der Waals surface area contributed by atoms with Crippen LogP contribution >= 0.6 is 12.2 Å². The van der Waals surface area contributed by atoms with Gasteiger partial charge in [-0.2, -0.15) is 0 Å². The molecule has 0 unspecified atom stereocenters. The predicted molar refractivity (Wildman–Crippen MR) is 104 cm³/mol. The van der Waals surface area contributed by atoms with E-state index >= 15 is 0 Å². The highest BCUT2D eigenvalue weighted by molar-refractivity contribution is 7.81. The molecule has 3 saturated carbocycles. The molecule has 3 fully saturated rings. The van der Waals surface area contributed by atoms with E-state index in [1.54, 1.807) is 5.57 Å². The van der Waals surface area contributed by atoms with E-state index in [4.69, 9.17) is 12.2 Å². The monoisotopic (exact) mass is 342 g/mol. The lowest BCUT2D eigenvalue weighted by atomic mass is 9.47. The van der Waals surface area contributed by atoms with Crippen molar-refractivity contribution in [2.24, 2.45) is 28.6 Å². The summed E-state index contributed by atoms with van der Waals surface area (Å²) in [4.78, 5) is 0.989. The third kappa shape index (κ3) is 2.05. The number of rotatable bonds is 2. The van der Waals surface area contributed by atoms with E-state index in [2.05, 4.69) is 38.7 Å². The second-order valence-corrected chi connectivity index (χ2v) is 9.59. The van der Waals surface area contributed by atoms with Crippen LogP contribution in [0.25, 0.3) is 0 Å². The van der Waals surface area contributed by atoms with E-state index in [-0.39, 0.29) is 10.8 Å². The first-order valence-electron chi connectivity index (χ1n) is 9.62. The van der Waals surface area contributed by atoms with Gasteiger partial charge in [0.25, 0.3) is 0 Å². The van der Waals surface area contributed by atoms with Gasteiger partial charge in [-0.1, -0.05) is 43.8 Å². The number of hydrogen-bond acceptors (Lipinski definition) is 2. The van der Waals surface area contributed by atoms with E-state index in [9.17, 15) is 5.11 Å². The number of hydrogen-bond donors (Lipinski definition) is 1. The highest BCUT2D eigenvalue weighted by Gasteiger charge is 2.63. The normalized spacial score (nSPS) is 49.9. The fraction of sp³-hybridized carbons (Fsp3) is 0.682. The maximum atomic E-state index is 11.4. The molecule has 0 heterocycles. The van der Waals surface area contributed by atoms with E-state index in [0.717, 1.165) is 30.0 Å². The van der Waals surface area contributed by atoms with Crippen molar-refractivity contribution >= 4 is 17.1 Å². The van der Waals surface area contributed by atoms with Crippen LogP contribution in [0.1, 0.15) is 58.8 Å². The van der Waals surface area contributed by atoms with Gasteiger partial charge in [-0.25, -0.2) is 0 Å². The van der Waals surface area contributed by atoms with Crippen LogP contribution in [-0.2, 0) is 0 Å². The highest BCUT2D eigenvalue weighted by Crippen LogP contribution is 2.67. The Morgan fingerprint density at radius 2 is 2.00 bits per heavy atom. The topological polar surface area (TPSA) is 20.2 Å². The molecule has 2 heteroatoms. The van der Waals surface area contributed by atoms with Gasteiger partial charge in [-0.05, 0) is 80.3 Å². The van der Waals surface area contributed by atoms with Crippen LogP contribution in [0.2, 0.25) is 0 Å². The second kappa shape index (κ2) is 5.38. The Hall–Kier alpha value is -0.730. The number of aliphatic hydroxyl groups is 1. The van der Waals surface area contributed by atoms with Crippen LogP contribution in [0.3, 0.4) is 0 Å². The molecule has 24 heavy (non-hydrogen) atoms. The molecule has 0 bridgehead atoms. The molecule has 0 aromatic heterocycles. The van der Waals surface area contributed by atoms with Gasteiger partial charge in [0.15, 0.2) is 0 Å². The Morgan fingerprint density at radius 3 is 2.75 bits per heavy atom. The number of thiocarbonyl (C=S) groups is 1. The lowest BCUT2D eigenvalue weighted by Gasteiger charge is -2.58. The first-order valence-corrected chi connectivity index (χ1v) is 10.0.